The Hall–Kier alpha value is -1.55. The van der Waals surface area contributed by atoms with Crippen molar-refractivity contribution in [3.8, 4) is 0 Å². The second kappa shape index (κ2) is 6.27. The van der Waals surface area contributed by atoms with Crippen LogP contribution in [0.4, 0.5) is 5.69 Å². The van der Waals surface area contributed by atoms with E-state index in [-0.39, 0.29) is 5.91 Å². The third kappa shape index (κ3) is 3.31. The molecule has 1 heterocycles. The number of nitrogen functional groups attached to an aromatic ring is 1. The van der Waals surface area contributed by atoms with Gasteiger partial charge in [-0.25, -0.2) is 0 Å². The summed E-state index contributed by atoms with van der Waals surface area (Å²) >= 11 is 0. The summed E-state index contributed by atoms with van der Waals surface area (Å²) in [5.74, 6) is 0.778. The van der Waals surface area contributed by atoms with Gasteiger partial charge in [-0.15, -0.1) is 0 Å². The molecule has 0 aliphatic carbocycles. The molecule has 1 aliphatic rings. The van der Waals surface area contributed by atoms with E-state index >= 15 is 0 Å². The van der Waals surface area contributed by atoms with Crippen LogP contribution in [-0.4, -0.2) is 48.9 Å². The van der Waals surface area contributed by atoms with Crippen molar-refractivity contribution in [3.05, 3.63) is 29.8 Å². The van der Waals surface area contributed by atoms with E-state index in [2.05, 4.69) is 25.9 Å². The first-order chi connectivity index (χ1) is 9.49. The van der Waals surface area contributed by atoms with Crippen molar-refractivity contribution in [1.29, 1.82) is 0 Å². The van der Waals surface area contributed by atoms with Gasteiger partial charge in [-0.2, -0.15) is 0 Å². The van der Waals surface area contributed by atoms with E-state index in [1.807, 2.05) is 29.2 Å². The fraction of sp³-hybridized carbons (Fsp3) is 0.562. The molecule has 0 spiro atoms. The van der Waals surface area contributed by atoms with Crippen molar-refractivity contribution in [2.45, 2.75) is 25.8 Å². The zero-order valence-corrected chi connectivity index (χ0v) is 12.7. The molecule has 1 saturated heterocycles. The summed E-state index contributed by atoms with van der Waals surface area (Å²) < 4.78 is 0. The number of nitrogens with zero attached hydrogens (tertiary/aromatic N) is 2. The molecular formula is C16H25N3O. The van der Waals surface area contributed by atoms with Crippen molar-refractivity contribution in [1.82, 2.24) is 9.80 Å². The van der Waals surface area contributed by atoms with Crippen molar-refractivity contribution >= 4 is 11.6 Å². The van der Waals surface area contributed by atoms with Crippen molar-refractivity contribution < 1.29 is 4.79 Å². The molecule has 1 aromatic carbocycles. The van der Waals surface area contributed by atoms with Crippen molar-refractivity contribution in [2.75, 3.05) is 32.9 Å². The molecule has 2 unspecified atom stereocenters. The molecule has 2 atom stereocenters. The van der Waals surface area contributed by atoms with E-state index in [0.717, 1.165) is 30.8 Å². The molecule has 1 aromatic rings. The number of carbonyl (C=O) groups is 1. The van der Waals surface area contributed by atoms with Crippen LogP contribution in [0.5, 0.6) is 0 Å². The summed E-state index contributed by atoms with van der Waals surface area (Å²) in [7, 11) is 4.17. The van der Waals surface area contributed by atoms with Gasteiger partial charge >= 0.3 is 0 Å². The molecule has 4 nitrogen and oxygen atoms in total. The van der Waals surface area contributed by atoms with Crippen LogP contribution in [0.2, 0.25) is 0 Å². The maximum atomic E-state index is 12.3. The van der Waals surface area contributed by atoms with Crippen LogP contribution >= 0.6 is 0 Å². The van der Waals surface area contributed by atoms with Gasteiger partial charge in [-0.05, 0) is 38.1 Å². The standard InChI is InChI=1S/C16H25N3O/c1-12-10-19(11-15(12)18(2)3)16(20)9-8-13-6-4-5-7-14(13)17/h4-7,12,15H,8-11,17H2,1-3H3. The third-order valence-electron chi connectivity index (χ3n) is 4.25. The Kier molecular flexibility index (Phi) is 4.65. The smallest absolute Gasteiger partial charge is 0.222 e. The zero-order valence-electron chi connectivity index (χ0n) is 12.7. The first-order valence-corrected chi connectivity index (χ1v) is 7.26. The normalized spacial score (nSPS) is 22.5. The van der Waals surface area contributed by atoms with Crippen LogP contribution in [-0.2, 0) is 11.2 Å². The molecular weight excluding hydrogens is 250 g/mol. The van der Waals surface area contributed by atoms with Crippen molar-refractivity contribution in [3.63, 3.8) is 0 Å². The molecule has 1 fully saturated rings. The highest BCUT2D eigenvalue weighted by atomic mass is 16.2. The number of anilines is 1. The average Bonchev–Trinajstić information content (AvgIpc) is 2.80. The van der Waals surface area contributed by atoms with Gasteiger partial charge in [0.25, 0.3) is 0 Å². The summed E-state index contributed by atoms with van der Waals surface area (Å²) in [6.07, 6.45) is 1.27. The monoisotopic (exact) mass is 275 g/mol. The SMILES string of the molecule is CC1CN(C(=O)CCc2ccccc2N)CC1N(C)C. The maximum absolute atomic E-state index is 12.3. The van der Waals surface area contributed by atoms with Gasteiger partial charge in [-0.1, -0.05) is 25.1 Å². The lowest BCUT2D eigenvalue weighted by molar-refractivity contribution is -0.130. The van der Waals surface area contributed by atoms with Crippen LogP contribution in [0.3, 0.4) is 0 Å². The van der Waals surface area contributed by atoms with Gasteiger partial charge in [0.1, 0.15) is 0 Å². The van der Waals surface area contributed by atoms with Crippen LogP contribution in [0, 0.1) is 5.92 Å². The highest BCUT2D eigenvalue weighted by molar-refractivity contribution is 5.77. The van der Waals surface area contributed by atoms with E-state index < -0.39 is 0 Å². The fourth-order valence-electron chi connectivity index (χ4n) is 2.99. The number of hydrogen-bond acceptors (Lipinski definition) is 3. The molecule has 1 aliphatic heterocycles. The maximum Gasteiger partial charge on any atom is 0.222 e. The lowest BCUT2D eigenvalue weighted by Crippen LogP contribution is -2.35. The van der Waals surface area contributed by atoms with E-state index in [4.69, 9.17) is 5.73 Å². The Labute approximate surface area is 121 Å². The molecule has 0 bridgehead atoms. The van der Waals surface area contributed by atoms with Crippen molar-refractivity contribution in [2.24, 2.45) is 5.92 Å². The average molecular weight is 275 g/mol. The second-order valence-electron chi connectivity index (χ2n) is 6.01. The molecule has 1 amide bonds. The molecule has 20 heavy (non-hydrogen) atoms. The Morgan fingerprint density at radius 1 is 1.35 bits per heavy atom. The summed E-state index contributed by atoms with van der Waals surface area (Å²) in [6.45, 7) is 3.93. The van der Waals surface area contributed by atoms with Gasteiger partial charge in [0.05, 0.1) is 0 Å². The van der Waals surface area contributed by atoms with Crippen LogP contribution < -0.4 is 5.73 Å². The quantitative estimate of drug-likeness (QED) is 0.849. The molecule has 0 radical (unpaired) electrons. The van der Waals surface area contributed by atoms with E-state index in [0.29, 0.717) is 18.4 Å². The molecule has 0 saturated carbocycles. The van der Waals surface area contributed by atoms with E-state index in [1.165, 1.54) is 0 Å². The number of aryl methyl sites for hydroxylation is 1. The Balaban J connectivity index is 1.89. The largest absolute Gasteiger partial charge is 0.399 e. The van der Waals surface area contributed by atoms with Gasteiger partial charge in [-0.3, -0.25) is 4.79 Å². The van der Waals surface area contributed by atoms with Crippen LogP contribution in [0.15, 0.2) is 24.3 Å². The minimum Gasteiger partial charge on any atom is -0.399 e. The number of likely N-dealkylation sites (tertiary alicyclic amines) is 1. The van der Waals surface area contributed by atoms with E-state index in [1.54, 1.807) is 0 Å². The number of rotatable bonds is 4. The number of benzene rings is 1. The number of nitrogens with two attached hydrogens (primary N) is 1. The van der Waals surface area contributed by atoms with E-state index in [9.17, 15) is 4.79 Å². The van der Waals surface area contributed by atoms with Gasteiger partial charge in [0, 0.05) is 31.2 Å². The molecule has 2 N–H and O–H groups in total. The summed E-state index contributed by atoms with van der Waals surface area (Å²) in [4.78, 5) is 16.5. The predicted molar refractivity (Wildman–Crippen MR) is 82.4 cm³/mol. The number of hydrogen-bond donors (Lipinski definition) is 1. The first kappa shape index (κ1) is 14.9. The highest BCUT2D eigenvalue weighted by Crippen LogP contribution is 2.21. The molecule has 4 heteroatoms. The topological polar surface area (TPSA) is 49.6 Å². The Morgan fingerprint density at radius 3 is 2.65 bits per heavy atom. The summed E-state index contributed by atoms with van der Waals surface area (Å²) in [5, 5.41) is 0. The number of carbonyl (C=O) groups excluding carboxylic acids is 1. The van der Waals surface area contributed by atoms with Crippen LogP contribution in [0.25, 0.3) is 0 Å². The second-order valence-corrected chi connectivity index (χ2v) is 6.01. The lowest BCUT2D eigenvalue weighted by Gasteiger charge is -2.22. The van der Waals surface area contributed by atoms with Crippen LogP contribution in [0.1, 0.15) is 18.9 Å². The summed E-state index contributed by atoms with van der Waals surface area (Å²) in [5.41, 5.74) is 7.76. The molecule has 110 valence electrons. The van der Waals surface area contributed by atoms with Gasteiger partial charge in [0.15, 0.2) is 0 Å². The first-order valence-electron chi connectivity index (χ1n) is 7.26. The zero-order chi connectivity index (χ0) is 14.7. The number of amides is 1. The minimum absolute atomic E-state index is 0.240. The number of para-hydroxylation sites is 1. The molecule has 2 rings (SSSR count). The summed E-state index contributed by atoms with van der Waals surface area (Å²) in [6, 6.07) is 8.25. The Bertz CT molecular complexity index is 473. The lowest BCUT2D eigenvalue weighted by atomic mass is 10.1. The Morgan fingerprint density at radius 2 is 2.05 bits per heavy atom. The fourth-order valence-corrected chi connectivity index (χ4v) is 2.99. The van der Waals surface area contributed by atoms with Gasteiger partial charge in [0.2, 0.25) is 5.91 Å². The highest BCUT2D eigenvalue weighted by Gasteiger charge is 2.33. The third-order valence-corrected chi connectivity index (χ3v) is 4.25. The number of likely N-dealkylation sites (N-methyl/N-ethyl adjacent to an activating group) is 1. The van der Waals surface area contributed by atoms with Gasteiger partial charge < -0.3 is 15.5 Å². The molecule has 0 aromatic heterocycles. The predicted octanol–water partition coefficient (Wildman–Crippen LogP) is 1.61. The minimum atomic E-state index is 0.240.